The van der Waals surface area contributed by atoms with Crippen LogP contribution >= 0.6 is 0 Å². The third kappa shape index (κ3) is 5.62. The number of hydrogen-bond acceptors (Lipinski definition) is 3. The van der Waals surface area contributed by atoms with E-state index in [4.69, 9.17) is 9.47 Å². The number of hydrogen-bond donors (Lipinski definition) is 1. The fraction of sp³-hybridized carbons (Fsp3) is 0.625. The highest BCUT2D eigenvalue weighted by atomic mass is 16.5. The summed E-state index contributed by atoms with van der Waals surface area (Å²) in [5, 5.41) is 3.44. The van der Waals surface area contributed by atoms with E-state index in [2.05, 4.69) is 38.2 Å². The zero-order valence-electron chi connectivity index (χ0n) is 12.6. The molecule has 0 amide bonds. The van der Waals surface area contributed by atoms with Gasteiger partial charge in [0.1, 0.15) is 5.75 Å². The number of benzene rings is 1. The maximum atomic E-state index is 6.10. The lowest BCUT2D eigenvalue weighted by Crippen LogP contribution is -2.26. The second-order valence-electron chi connectivity index (χ2n) is 4.82. The van der Waals surface area contributed by atoms with E-state index in [-0.39, 0.29) is 12.2 Å². The van der Waals surface area contributed by atoms with Gasteiger partial charge in [0.25, 0.3) is 0 Å². The van der Waals surface area contributed by atoms with Crippen LogP contribution in [0.3, 0.4) is 0 Å². The van der Waals surface area contributed by atoms with Crippen LogP contribution in [0.5, 0.6) is 5.75 Å². The first-order chi connectivity index (χ1) is 9.21. The molecule has 0 aliphatic heterocycles. The monoisotopic (exact) mass is 265 g/mol. The van der Waals surface area contributed by atoms with Crippen LogP contribution in [-0.2, 0) is 4.74 Å². The summed E-state index contributed by atoms with van der Waals surface area (Å²) in [6, 6.07) is 8.14. The fourth-order valence-electron chi connectivity index (χ4n) is 1.85. The van der Waals surface area contributed by atoms with Crippen molar-refractivity contribution in [2.75, 3.05) is 20.2 Å². The lowest BCUT2D eigenvalue weighted by molar-refractivity contribution is -0.00442. The van der Waals surface area contributed by atoms with Gasteiger partial charge in [0, 0.05) is 6.54 Å². The van der Waals surface area contributed by atoms with Gasteiger partial charge >= 0.3 is 0 Å². The average molecular weight is 265 g/mol. The van der Waals surface area contributed by atoms with Gasteiger partial charge in [-0.25, -0.2) is 0 Å². The Hall–Kier alpha value is -1.06. The molecule has 0 bridgehead atoms. The molecular weight excluding hydrogens is 238 g/mol. The topological polar surface area (TPSA) is 30.5 Å². The Balaban J connectivity index is 2.69. The van der Waals surface area contributed by atoms with Gasteiger partial charge < -0.3 is 14.8 Å². The Labute approximate surface area is 117 Å². The smallest absolute Gasteiger partial charge is 0.118 e. The van der Waals surface area contributed by atoms with E-state index in [9.17, 15) is 0 Å². The van der Waals surface area contributed by atoms with Crippen LogP contribution in [0.2, 0.25) is 0 Å². The van der Waals surface area contributed by atoms with Crippen molar-refractivity contribution in [3.05, 3.63) is 29.8 Å². The molecule has 2 atom stereocenters. The van der Waals surface area contributed by atoms with Gasteiger partial charge in [-0.2, -0.15) is 0 Å². The summed E-state index contributed by atoms with van der Waals surface area (Å²) in [5.41, 5.74) is 1.20. The summed E-state index contributed by atoms with van der Waals surface area (Å²) in [7, 11) is 1.69. The van der Waals surface area contributed by atoms with Gasteiger partial charge in [-0.15, -0.1) is 0 Å². The van der Waals surface area contributed by atoms with Crippen molar-refractivity contribution in [1.29, 1.82) is 0 Å². The van der Waals surface area contributed by atoms with E-state index in [1.54, 1.807) is 7.11 Å². The van der Waals surface area contributed by atoms with E-state index in [0.717, 1.165) is 31.7 Å². The largest absolute Gasteiger partial charge is 0.497 e. The molecule has 0 fully saturated rings. The number of rotatable bonds is 9. The first kappa shape index (κ1) is 16.0. The number of nitrogens with one attached hydrogen (secondary N) is 1. The molecule has 3 heteroatoms. The molecule has 108 valence electrons. The predicted molar refractivity (Wildman–Crippen MR) is 79.7 cm³/mol. The van der Waals surface area contributed by atoms with Gasteiger partial charge in [-0.3, -0.25) is 0 Å². The molecule has 3 nitrogen and oxygen atoms in total. The van der Waals surface area contributed by atoms with Gasteiger partial charge in [0.2, 0.25) is 0 Å². The summed E-state index contributed by atoms with van der Waals surface area (Å²) >= 11 is 0. The molecule has 1 aromatic carbocycles. The van der Waals surface area contributed by atoms with Crippen molar-refractivity contribution in [3.63, 3.8) is 0 Å². The van der Waals surface area contributed by atoms with Crippen LogP contribution in [0.15, 0.2) is 24.3 Å². The van der Waals surface area contributed by atoms with Gasteiger partial charge in [0.05, 0.1) is 19.3 Å². The van der Waals surface area contributed by atoms with Crippen molar-refractivity contribution in [1.82, 2.24) is 5.32 Å². The highest BCUT2D eigenvalue weighted by Crippen LogP contribution is 2.22. The molecule has 2 unspecified atom stereocenters. The van der Waals surface area contributed by atoms with Crippen molar-refractivity contribution < 1.29 is 9.47 Å². The first-order valence-electron chi connectivity index (χ1n) is 7.21. The average Bonchev–Trinajstić information content (AvgIpc) is 2.46. The molecule has 0 saturated heterocycles. The maximum Gasteiger partial charge on any atom is 0.118 e. The molecule has 0 heterocycles. The van der Waals surface area contributed by atoms with Crippen molar-refractivity contribution in [3.8, 4) is 5.75 Å². The Morgan fingerprint density at radius 3 is 2.37 bits per heavy atom. The van der Waals surface area contributed by atoms with E-state index in [0.29, 0.717) is 0 Å². The molecule has 1 rings (SSSR count). The fourth-order valence-corrected chi connectivity index (χ4v) is 1.85. The summed E-state index contributed by atoms with van der Waals surface area (Å²) < 4.78 is 11.3. The Kier molecular flexibility index (Phi) is 7.53. The number of methoxy groups -OCH3 is 1. The standard InChI is InChI=1S/C16H27NO2/c1-5-11-17-12-16(19-13(3)6-2)14-7-9-15(18-4)10-8-14/h7-10,13,16-17H,5-6,11-12H2,1-4H3. The quantitative estimate of drug-likeness (QED) is 0.693. The number of ether oxygens (including phenoxy) is 2. The second kappa shape index (κ2) is 8.94. The maximum absolute atomic E-state index is 6.10. The summed E-state index contributed by atoms with van der Waals surface area (Å²) in [6.45, 7) is 8.32. The van der Waals surface area contributed by atoms with Crippen molar-refractivity contribution >= 4 is 0 Å². The molecule has 1 N–H and O–H groups in total. The summed E-state index contributed by atoms with van der Waals surface area (Å²) in [5.74, 6) is 0.882. The minimum Gasteiger partial charge on any atom is -0.497 e. The molecule has 19 heavy (non-hydrogen) atoms. The highest BCUT2D eigenvalue weighted by Gasteiger charge is 2.14. The van der Waals surface area contributed by atoms with Crippen LogP contribution in [0.4, 0.5) is 0 Å². The normalized spacial score (nSPS) is 14.1. The second-order valence-corrected chi connectivity index (χ2v) is 4.82. The molecule has 0 saturated carbocycles. The minimum absolute atomic E-state index is 0.104. The van der Waals surface area contributed by atoms with Crippen LogP contribution < -0.4 is 10.1 Å². The first-order valence-corrected chi connectivity index (χ1v) is 7.21. The minimum atomic E-state index is 0.104. The molecule has 0 spiro atoms. The third-order valence-corrected chi connectivity index (χ3v) is 3.22. The third-order valence-electron chi connectivity index (χ3n) is 3.22. The SMILES string of the molecule is CCCNCC(OC(C)CC)c1ccc(OC)cc1. The lowest BCUT2D eigenvalue weighted by Gasteiger charge is -2.23. The lowest BCUT2D eigenvalue weighted by atomic mass is 10.1. The highest BCUT2D eigenvalue weighted by molar-refractivity contribution is 5.28. The Bertz CT molecular complexity index is 337. The molecule has 0 aliphatic rings. The predicted octanol–water partition coefficient (Wildman–Crippen LogP) is 3.55. The Morgan fingerprint density at radius 2 is 1.84 bits per heavy atom. The van der Waals surface area contributed by atoms with Crippen molar-refractivity contribution in [2.45, 2.75) is 45.8 Å². The summed E-state index contributed by atoms with van der Waals surface area (Å²) in [4.78, 5) is 0. The zero-order chi connectivity index (χ0) is 14.1. The van der Waals surface area contributed by atoms with Gasteiger partial charge in [-0.1, -0.05) is 26.0 Å². The van der Waals surface area contributed by atoms with Crippen LogP contribution in [0.1, 0.15) is 45.3 Å². The van der Waals surface area contributed by atoms with Crippen LogP contribution in [0.25, 0.3) is 0 Å². The van der Waals surface area contributed by atoms with Crippen LogP contribution in [-0.4, -0.2) is 26.3 Å². The molecule has 0 radical (unpaired) electrons. The Morgan fingerprint density at radius 1 is 1.16 bits per heavy atom. The van der Waals surface area contributed by atoms with E-state index in [1.807, 2.05) is 12.1 Å². The molecule has 0 aromatic heterocycles. The van der Waals surface area contributed by atoms with Gasteiger partial charge in [-0.05, 0) is 44.0 Å². The molecule has 0 aliphatic carbocycles. The van der Waals surface area contributed by atoms with E-state index >= 15 is 0 Å². The molecular formula is C16H27NO2. The van der Waals surface area contributed by atoms with Gasteiger partial charge in [0.15, 0.2) is 0 Å². The van der Waals surface area contributed by atoms with E-state index < -0.39 is 0 Å². The molecule has 1 aromatic rings. The summed E-state index contributed by atoms with van der Waals surface area (Å²) in [6.07, 6.45) is 2.54. The van der Waals surface area contributed by atoms with Crippen LogP contribution in [0, 0.1) is 0 Å². The zero-order valence-corrected chi connectivity index (χ0v) is 12.6. The van der Waals surface area contributed by atoms with Crippen molar-refractivity contribution in [2.24, 2.45) is 0 Å². The van der Waals surface area contributed by atoms with E-state index in [1.165, 1.54) is 5.56 Å².